The molecule has 5 atom stereocenters. The van der Waals surface area contributed by atoms with Gasteiger partial charge in [-0.3, -0.25) is 0 Å². The van der Waals surface area contributed by atoms with E-state index < -0.39 is 30.7 Å². The summed E-state index contributed by atoms with van der Waals surface area (Å²) in [5, 5.41) is 32.8. The van der Waals surface area contributed by atoms with Crippen LogP contribution in [0.15, 0.2) is 0 Å². The van der Waals surface area contributed by atoms with E-state index in [1.807, 2.05) is 6.92 Å². The zero-order chi connectivity index (χ0) is 15.0. The van der Waals surface area contributed by atoms with Crippen LogP contribution in [0.4, 0.5) is 0 Å². The Morgan fingerprint density at radius 1 is 1.00 bits per heavy atom. The van der Waals surface area contributed by atoms with Gasteiger partial charge in [0.15, 0.2) is 6.29 Å². The summed E-state index contributed by atoms with van der Waals surface area (Å²) >= 11 is 0. The Labute approximate surface area is 121 Å². The summed E-state index contributed by atoms with van der Waals surface area (Å²) in [6.45, 7) is 5.88. The second-order valence-electron chi connectivity index (χ2n) is 5.30. The summed E-state index contributed by atoms with van der Waals surface area (Å²) < 4.78 is 11.0. The van der Waals surface area contributed by atoms with Gasteiger partial charge in [0.2, 0.25) is 0 Å². The van der Waals surface area contributed by atoms with E-state index in [9.17, 15) is 15.3 Å². The number of aliphatic hydroxyl groups excluding tert-OH is 3. The molecule has 0 aromatic rings. The normalized spacial score (nSPS) is 34.4. The molecule has 0 saturated carbocycles. The van der Waals surface area contributed by atoms with E-state index in [-0.39, 0.29) is 0 Å². The van der Waals surface area contributed by atoms with Gasteiger partial charge in [-0.05, 0) is 19.4 Å². The van der Waals surface area contributed by atoms with Crippen molar-refractivity contribution < 1.29 is 24.8 Å². The molecule has 0 aliphatic carbocycles. The first-order valence-electron chi connectivity index (χ1n) is 7.63. The second-order valence-corrected chi connectivity index (χ2v) is 5.30. The van der Waals surface area contributed by atoms with E-state index in [1.165, 1.54) is 0 Å². The van der Waals surface area contributed by atoms with E-state index in [0.29, 0.717) is 13.2 Å². The number of unbranched alkanes of at least 4 members (excludes halogenated alkanes) is 2. The lowest BCUT2D eigenvalue weighted by Crippen LogP contribution is -2.60. The fraction of sp³-hybridized carbons (Fsp3) is 1.00. The molecule has 1 rings (SSSR count). The molecule has 1 fully saturated rings. The summed E-state index contributed by atoms with van der Waals surface area (Å²) in [7, 11) is 0. The molecular weight excluding hydrogens is 262 g/mol. The molecule has 0 amide bonds. The highest BCUT2D eigenvalue weighted by molar-refractivity contribution is 4.90. The maximum atomic E-state index is 9.92. The van der Waals surface area contributed by atoms with E-state index in [0.717, 1.165) is 32.2 Å². The second kappa shape index (κ2) is 9.65. The predicted molar refractivity (Wildman–Crippen MR) is 75.3 cm³/mol. The Hall–Kier alpha value is -0.240. The summed E-state index contributed by atoms with van der Waals surface area (Å²) in [5.41, 5.74) is 0. The molecule has 0 aromatic carbocycles. The van der Waals surface area contributed by atoms with Crippen molar-refractivity contribution >= 4 is 0 Å². The predicted octanol–water partition coefficient (Wildman–Crippen LogP) is 0.000400. The third kappa shape index (κ3) is 5.27. The summed E-state index contributed by atoms with van der Waals surface area (Å²) in [4.78, 5) is 0. The molecule has 0 radical (unpaired) electrons. The first kappa shape index (κ1) is 17.8. The van der Waals surface area contributed by atoms with Gasteiger partial charge in [0, 0.05) is 13.2 Å². The van der Waals surface area contributed by atoms with Crippen LogP contribution in [0.3, 0.4) is 0 Å². The van der Waals surface area contributed by atoms with Crippen LogP contribution in [0.1, 0.15) is 39.5 Å². The molecule has 1 heterocycles. The van der Waals surface area contributed by atoms with Crippen LogP contribution in [0, 0.1) is 0 Å². The van der Waals surface area contributed by atoms with Crippen molar-refractivity contribution in [1.29, 1.82) is 0 Å². The minimum atomic E-state index is -1.24. The summed E-state index contributed by atoms with van der Waals surface area (Å²) in [6.07, 6.45) is -1.03. The van der Waals surface area contributed by atoms with Crippen LogP contribution in [0.2, 0.25) is 0 Å². The van der Waals surface area contributed by atoms with E-state index >= 15 is 0 Å². The Morgan fingerprint density at radius 3 is 2.35 bits per heavy atom. The molecule has 0 bridgehead atoms. The Kier molecular flexibility index (Phi) is 8.60. The molecule has 0 aromatic heterocycles. The highest BCUT2D eigenvalue weighted by Crippen LogP contribution is 2.22. The highest BCUT2D eigenvalue weighted by atomic mass is 16.7. The Bertz CT molecular complexity index is 252. The third-order valence-corrected chi connectivity index (χ3v) is 3.50. The SMILES string of the molecule is CCCCNC[C@H]1OC(OCCCC)[C@H](O)[C@@H](O)[C@@H]1O. The van der Waals surface area contributed by atoms with Crippen LogP contribution >= 0.6 is 0 Å². The maximum absolute atomic E-state index is 9.92. The lowest BCUT2D eigenvalue weighted by molar-refractivity contribution is -0.295. The van der Waals surface area contributed by atoms with Crippen LogP contribution in [-0.4, -0.2) is 65.7 Å². The molecule has 6 heteroatoms. The van der Waals surface area contributed by atoms with Gasteiger partial charge in [-0.1, -0.05) is 26.7 Å². The monoisotopic (exact) mass is 291 g/mol. The summed E-state index contributed by atoms with van der Waals surface area (Å²) in [6, 6.07) is 0. The van der Waals surface area contributed by atoms with Crippen LogP contribution in [0.5, 0.6) is 0 Å². The molecule has 0 spiro atoms. The lowest BCUT2D eigenvalue weighted by Gasteiger charge is -2.40. The smallest absolute Gasteiger partial charge is 0.186 e. The van der Waals surface area contributed by atoms with E-state index in [4.69, 9.17) is 9.47 Å². The van der Waals surface area contributed by atoms with Gasteiger partial charge in [-0.15, -0.1) is 0 Å². The van der Waals surface area contributed by atoms with Gasteiger partial charge in [-0.25, -0.2) is 0 Å². The van der Waals surface area contributed by atoms with Gasteiger partial charge >= 0.3 is 0 Å². The van der Waals surface area contributed by atoms with E-state index in [2.05, 4.69) is 12.2 Å². The third-order valence-electron chi connectivity index (χ3n) is 3.50. The molecule has 20 heavy (non-hydrogen) atoms. The minimum Gasteiger partial charge on any atom is -0.388 e. The molecule has 1 aliphatic heterocycles. The van der Waals surface area contributed by atoms with Crippen molar-refractivity contribution in [3.8, 4) is 0 Å². The number of hydrogen-bond donors (Lipinski definition) is 4. The largest absolute Gasteiger partial charge is 0.388 e. The van der Waals surface area contributed by atoms with E-state index in [1.54, 1.807) is 0 Å². The number of aliphatic hydroxyl groups is 3. The van der Waals surface area contributed by atoms with Crippen molar-refractivity contribution in [3.05, 3.63) is 0 Å². The average Bonchev–Trinajstić information content (AvgIpc) is 2.45. The van der Waals surface area contributed by atoms with Crippen molar-refractivity contribution in [2.75, 3.05) is 19.7 Å². The molecule has 6 nitrogen and oxygen atoms in total. The van der Waals surface area contributed by atoms with Crippen LogP contribution < -0.4 is 5.32 Å². The maximum Gasteiger partial charge on any atom is 0.186 e. The fourth-order valence-corrected chi connectivity index (χ4v) is 2.11. The topological polar surface area (TPSA) is 91.2 Å². The van der Waals surface area contributed by atoms with Crippen molar-refractivity contribution in [2.24, 2.45) is 0 Å². The molecule has 4 N–H and O–H groups in total. The van der Waals surface area contributed by atoms with Gasteiger partial charge in [0.1, 0.15) is 24.4 Å². The number of hydrogen-bond acceptors (Lipinski definition) is 6. The van der Waals surface area contributed by atoms with Crippen LogP contribution in [-0.2, 0) is 9.47 Å². The van der Waals surface area contributed by atoms with Crippen molar-refractivity contribution in [2.45, 2.75) is 70.2 Å². The number of rotatable bonds is 9. The zero-order valence-electron chi connectivity index (χ0n) is 12.5. The fourth-order valence-electron chi connectivity index (χ4n) is 2.11. The molecule has 1 aliphatic rings. The van der Waals surface area contributed by atoms with Crippen molar-refractivity contribution in [1.82, 2.24) is 5.32 Å². The van der Waals surface area contributed by atoms with Gasteiger partial charge in [0.05, 0.1) is 0 Å². The lowest BCUT2D eigenvalue weighted by atomic mass is 9.99. The van der Waals surface area contributed by atoms with Gasteiger partial charge in [-0.2, -0.15) is 0 Å². The zero-order valence-corrected chi connectivity index (χ0v) is 12.5. The number of ether oxygens (including phenoxy) is 2. The Morgan fingerprint density at radius 2 is 1.70 bits per heavy atom. The highest BCUT2D eigenvalue weighted by Gasteiger charge is 2.43. The summed E-state index contributed by atoms with van der Waals surface area (Å²) in [5.74, 6) is 0. The molecule has 1 unspecified atom stereocenters. The van der Waals surface area contributed by atoms with Gasteiger partial charge < -0.3 is 30.1 Å². The first-order chi connectivity index (χ1) is 9.61. The Balaban J connectivity index is 2.43. The van der Waals surface area contributed by atoms with Crippen LogP contribution in [0.25, 0.3) is 0 Å². The molecular formula is C14H29NO5. The quantitative estimate of drug-likeness (QED) is 0.447. The molecule has 1 saturated heterocycles. The number of nitrogens with one attached hydrogen (secondary N) is 1. The average molecular weight is 291 g/mol. The minimum absolute atomic E-state index is 0.429. The van der Waals surface area contributed by atoms with Crippen molar-refractivity contribution in [3.63, 3.8) is 0 Å². The first-order valence-corrected chi connectivity index (χ1v) is 7.63. The van der Waals surface area contributed by atoms with Gasteiger partial charge in [0.25, 0.3) is 0 Å². The molecule has 120 valence electrons. The standard InChI is InChI=1S/C14H29NO5/c1-3-5-7-15-9-10-11(16)12(17)13(18)14(20-10)19-8-6-4-2/h10-18H,3-9H2,1-2H3/t10-,11-,12+,13-,14?/m1/s1.